The summed E-state index contributed by atoms with van der Waals surface area (Å²) in [6.45, 7) is 1.80. The topological polar surface area (TPSA) is 54.9 Å². The molecule has 112 valence electrons. The lowest BCUT2D eigenvalue weighted by Crippen LogP contribution is -2.38. The second kappa shape index (κ2) is 6.21. The van der Waals surface area contributed by atoms with Crippen molar-refractivity contribution in [3.63, 3.8) is 0 Å². The van der Waals surface area contributed by atoms with E-state index in [2.05, 4.69) is 9.97 Å². The number of aromatic nitrogens is 2. The molecular weight excluding hydrogens is 303 g/mol. The van der Waals surface area contributed by atoms with Crippen molar-refractivity contribution in [2.75, 3.05) is 0 Å². The molecule has 2 aromatic heterocycles. The van der Waals surface area contributed by atoms with Gasteiger partial charge in [0.25, 0.3) is 5.91 Å². The predicted molar refractivity (Wildman–Crippen MR) is 72.0 cm³/mol. The molecule has 0 radical (unpaired) electrons. The maximum Gasteiger partial charge on any atom is 0.415 e. The first-order chi connectivity index (χ1) is 9.93. The maximum absolute atomic E-state index is 13.1. The number of hydrogen-bond acceptors (Lipinski definition) is 4. The fourth-order valence-electron chi connectivity index (χ4n) is 1.80. The molecule has 1 amide bonds. The lowest BCUT2D eigenvalue weighted by Gasteiger charge is -2.20. The lowest BCUT2D eigenvalue weighted by molar-refractivity contribution is -0.155. The molecule has 2 heterocycles. The van der Waals surface area contributed by atoms with Crippen molar-refractivity contribution in [2.24, 2.45) is 0 Å². The first kappa shape index (κ1) is 15.4. The standard InChI is InChI=1S/C13H12F3N3OS/c1-2-8-7-17-4-3-9(8)11(20)19-10(13(14,15)16)12-18-5-6-21-12/h3-7,10H,2H2,1H3,(H,19,20)/t10-/m1/s1. The Morgan fingerprint density at radius 2 is 2.19 bits per heavy atom. The van der Waals surface area contributed by atoms with Crippen LogP contribution in [0.15, 0.2) is 30.0 Å². The number of nitrogens with one attached hydrogen (secondary N) is 1. The minimum absolute atomic E-state index is 0.192. The minimum atomic E-state index is -4.60. The maximum atomic E-state index is 13.1. The molecule has 0 bridgehead atoms. The van der Waals surface area contributed by atoms with Gasteiger partial charge in [-0.15, -0.1) is 11.3 Å². The van der Waals surface area contributed by atoms with Gasteiger partial charge in [-0.3, -0.25) is 9.78 Å². The zero-order chi connectivity index (χ0) is 15.5. The fraction of sp³-hybridized carbons (Fsp3) is 0.308. The molecule has 2 rings (SSSR count). The quantitative estimate of drug-likeness (QED) is 0.943. The molecule has 0 aliphatic heterocycles. The van der Waals surface area contributed by atoms with E-state index < -0.39 is 18.1 Å². The third-order valence-corrected chi connectivity index (χ3v) is 3.67. The molecule has 8 heteroatoms. The van der Waals surface area contributed by atoms with Crippen LogP contribution in [0, 0.1) is 0 Å². The summed E-state index contributed by atoms with van der Waals surface area (Å²) >= 11 is 0.847. The van der Waals surface area contributed by atoms with Crippen LogP contribution in [0.2, 0.25) is 0 Å². The molecule has 0 saturated heterocycles. The average molecular weight is 315 g/mol. The molecule has 21 heavy (non-hydrogen) atoms. The third kappa shape index (κ3) is 3.57. The second-order valence-corrected chi connectivity index (χ2v) is 5.13. The van der Waals surface area contributed by atoms with E-state index in [0.717, 1.165) is 11.3 Å². The molecule has 0 unspecified atom stereocenters. The summed E-state index contributed by atoms with van der Waals surface area (Å²) in [6, 6.07) is -0.702. The van der Waals surface area contributed by atoms with E-state index in [-0.39, 0.29) is 10.6 Å². The molecule has 1 N–H and O–H groups in total. The number of amides is 1. The van der Waals surface area contributed by atoms with Crippen LogP contribution in [0.1, 0.15) is 33.9 Å². The Kier molecular flexibility index (Phi) is 4.56. The number of carbonyl (C=O) groups excluding carboxylic acids is 1. The summed E-state index contributed by atoms with van der Waals surface area (Å²) in [4.78, 5) is 19.6. The van der Waals surface area contributed by atoms with Crippen molar-refractivity contribution in [2.45, 2.75) is 25.6 Å². The highest BCUT2D eigenvalue weighted by molar-refractivity contribution is 7.09. The van der Waals surface area contributed by atoms with Crippen molar-refractivity contribution < 1.29 is 18.0 Å². The molecule has 0 aromatic carbocycles. The van der Waals surface area contributed by atoms with Gasteiger partial charge in [-0.1, -0.05) is 6.92 Å². The number of rotatable bonds is 4. The summed E-state index contributed by atoms with van der Waals surface area (Å²) in [5.74, 6) is -0.785. The van der Waals surface area contributed by atoms with Gasteiger partial charge in [0.2, 0.25) is 0 Å². The van der Waals surface area contributed by atoms with E-state index in [1.54, 1.807) is 6.92 Å². The molecule has 0 aliphatic rings. The third-order valence-electron chi connectivity index (χ3n) is 2.83. The van der Waals surface area contributed by atoms with Gasteiger partial charge in [-0.05, 0) is 18.1 Å². The molecule has 0 spiro atoms. The van der Waals surface area contributed by atoms with Crippen molar-refractivity contribution in [1.82, 2.24) is 15.3 Å². The molecule has 0 aliphatic carbocycles. The molecule has 0 fully saturated rings. The van der Waals surface area contributed by atoms with E-state index in [0.29, 0.717) is 12.0 Å². The number of thiazole rings is 1. The normalized spacial score (nSPS) is 13.0. The first-order valence-corrected chi connectivity index (χ1v) is 7.01. The van der Waals surface area contributed by atoms with Crippen LogP contribution in [-0.4, -0.2) is 22.1 Å². The van der Waals surface area contributed by atoms with E-state index in [1.807, 2.05) is 5.32 Å². The highest BCUT2D eigenvalue weighted by Crippen LogP contribution is 2.33. The summed E-state index contributed by atoms with van der Waals surface area (Å²) in [5, 5.41) is 3.25. The Morgan fingerprint density at radius 3 is 2.76 bits per heavy atom. The van der Waals surface area contributed by atoms with Gasteiger partial charge in [0.15, 0.2) is 6.04 Å². The molecular formula is C13H12F3N3OS. The van der Waals surface area contributed by atoms with Gasteiger partial charge in [-0.25, -0.2) is 4.98 Å². The predicted octanol–water partition coefficient (Wildman–Crippen LogP) is 3.13. The average Bonchev–Trinajstić information content (AvgIpc) is 2.96. The van der Waals surface area contributed by atoms with Gasteiger partial charge in [-0.2, -0.15) is 13.2 Å². The number of hydrogen-bond donors (Lipinski definition) is 1. The highest BCUT2D eigenvalue weighted by Gasteiger charge is 2.43. The van der Waals surface area contributed by atoms with Crippen LogP contribution in [0.25, 0.3) is 0 Å². The van der Waals surface area contributed by atoms with E-state index >= 15 is 0 Å². The highest BCUT2D eigenvalue weighted by atomic mass is 32.1. The van der Waals surface area contributed by atoms with E-state index in [9.17, 15) is 18.0 Å². The van der Waals surface area contributed by atoms with E-state index in [4.69, 9.17) is 0 Å². The number of pyridine rings is 1. The van der Waals surface area contributed by atoms with Crippen molar-refractivity contribution in [3.8, 4) is 0 Å². The van der Waals surface area contributed by atoms with Crippen LogP contribution < -0.4 is 5.32 Å². The molecule has 0 saturated carbocycles. The van der Waals surface area contributed by atoms with Crippen LogP contribution in [0.4, 0.5) is 13.2 Å². The number of halogens is 3. The first-order valence-electron chi connectivity index (χ1n) is 6.13. The monoisotopic (exact) mass is 315 g/mol. The van der Waals surface area contributed by atoms with Crippen molar-refractivity contribution in [3.05, 3.63) is 46.2 Å². The molecule has 1 atom stereocenters. The number of alkyl halides is 3. The fourth-order valence-corrected chi connectivity index (χ4v) is 2.51. The number of aryl methyl sites for hydroxylation is 1. The summed E-state index contributed by atoms with van der Waals surface area (Å²) in [6.07, 6.45) is 0.0211. The van der Waals surface area contributed by atoms with Gasteiger partial charge in [0.05, 0.1) is 0 Å². The largest absolute Gasteiger partial charge is 0.415 e. The smallest absolute Gasteiger partial charge is 0.335 e. The molecule has 2 aromatic rings. The van der Waals surface area contributed by atoms with E-state index in [1.165, 1.54) is 30.0 Å². The SMILES string of the molecule is CCc1cnccc1C(=O)N[C@H](c1nccs1)C(F)(F)F. The van der Waals surface area contributed by atoms with Gasteiger partial charge < -0.3 is 5.32 Å². The summed E-state index contributed by atoms with van der Waals surface area (Å²) in [5.41, 5.74) is 0.786. The zero-order valence-corrected chi connectivity index (χ0v) is 11.8. The van der Waals surface area contributed by atoms with Gasteiger partial charge in [0.1, 0.15) is 5.01 Å². The Hall–Kier alpha value is -1.96. The van der Waals surface area contributed by atoms with Gasteiger partial charge >= 0.3 is 6.18 Å². The summed E-state index contributed by atoms with van der Waals surface area (Å²) in [7, 11) is 0. The molecule has 4 nitrogen and oxygen atoms in total. The van der Waals surface area contributed by atoms with Crippen LogP contribution in [0.5, 0.6) is 0 Å². The van der Waals surface area contributed by atoms with Crippen LogP contribution >= 0.6 is 11.3 Å². The van der Waals surface area contributed by atoms with Crippen molar-refractivity contribution in [1.29, 1.82) is 0 Å². The van der Waals surface area contributed by atoms with Crippen molar-refractivity contribution >= 4 is 17.2 Å². The second-order valence-electron chi connectivity index (χ2n) is 4.20. The number of carbonyl (C=O) groups is 1. The summed E-state index contributed by atoms with van der Waals surface area (Å²) < 4.78 is 39.2. The Bertz CT molecular complexity index is 613. The lowest BCUT2D eigenvalue weighted by atomic mass is 10.1. The zero-order valence-electron chi connectivity index (χ0n) is 11.0. The number of nitrogens with zero attached hydrogens (tertiary/aromatic N) is 2. The van der Waals surface area contributed by atoms with Crippen LogP contribution in [0.3, 0.4) is 0 Å². The Balaban J connectivity index is 2.27. The minimum Gasteiger partial charge on any atom is -0.335 e. The van der Waals surface area contributed by atoms with Crippen LogP contribution in [-0.2, 0) is 6.42 Å². The Labute approximate surface area is 123 Å². The Morgan fingerprint density at radius 1 is 1.43 bits per heavy atom. The van der Waals surface area contributed by atoms with Gasteiger partial charge in [0, 0.05) is 29.5 Å².